The summed E-state index contributed by atoms with van der Waals surface area (Å²) in [5, 5.41) is -2.99. The predicted octanol–water partition coefficient (Wildman–Crippen LogP) is 2.61. The molecule has 0 unspecified atom stereocenters. The Balaban J connectivity index is 3.22. The molecule has 8 heteroatoms. The zero-order valence-corrected chi connectivity index (χ0v) is 10.6. The Kier molecular flexibility index (Phi) is 3.33. The predicted molar refractivity (Wildman–Crippen MR) is 49.0 cm³/mol. The van der Waals surface area contributed by atoms with Crippen LogP contribution in [0.1, 0.15) is 0 Å². The minimum absolute atomic E-state index is 0.357. The zero-order valence-electron chi connectivity index (χ0n) is 8.65. The van der Waals surface area contributed by atoms with Crippen LogP contribution in [0.25, 0.3) is 10.8 Å². The zero-order chi connectivity index (χ0) is 13.8. The van der Waals surface area contributed by atoms with Crippen LogP contribution in [-0.2, 0) is 0 Å². The van der Waals surface area contributed by atoms with Crippen molar-refractivity contribution in [2.24, 2.45) is 0 Å². The first-order chi connectivity index (χ1) is 8.29. The molecule has 0 aromatic heterocycles. The van der Waals surface area contributed by atoms with Crippen LogP contribution in [0.2, 0.25) is 0 Å². The van der Waals surface area contributed by atoms with Crippen LogP contribution in [0.3, 0.4) is 0 Å². The molecule has 0 aliphatic heterocycles. The first-order valence-corrected chi connectivity index (χ1v) is 5.57. The quantitative estimate of drug-likeness (QED) is 0.300. The van der Waals surface area contributed by atoms with Gasteiger partial charge in [0, 0.05) is 0 Å². The molecule has 0 N–H and O–H groups in total. The molecule has 0 radical (unpaired) electrons. The molecule has 90 valence electrons. The number of fused-ring (bicyclic) bond motifs is 1. The van der Waals surface area contributed by atoms with Crippen LogP contribution in [0.4, 0.5) is 30.7 Å². The van der Waals surface area contributed by atoms with Gasteiger partial charge in [0.2, 0.25) is 0 Å². The monoisotopic (exact) mass is 276 g/mol. The summed E-state index contributed by atoms with van der Waals surface area (Å²) in [5.74, 6) is -14.1. The summed E-state index contributed by atoms with van der Waals surface area (Å²) >= 11 is -0.357. The van der Waals surface area contributed by atoms with Crippen molar-refractivity contribution in [1.29, 1.82) is 0 Å². The van der Waals surface area contributed by atoms with Crippen LogP contribution in [0.5, 0.6) is 0 Å². The summed E-state index contributed by atoms with van der Waals surface area (Å²) < 4.78 is 91.6. The Morgan fingerprint density at radius 3 is 1.22 bits per heavy atom. The van der Waals surface area contributed by atoms with Crippen LogP contribution in [0, 0.1) is 40.7 Å². The molecule has 0 nitrogen and oxygen atoms in total. The first kappa shape index (κ1) is 13.6. The van der Waals surface area contributed by atoms with Gasteiger partial charge in [-0.25, -0.2) is 0 Å². The van der Waals surface area contributed by atoms with Crippen molar-refractivity contribution in [2.45, 2.75) is 0 Å². The molecule has 18 heavy (non-hydrogen) atoms. The summed E-state index contributed by atoms with van der Waals surface area (Å²) in [7, 11) is 0. The number of halogens is 7. The Morgan fingerprint density at radius 1 is 0.444 bits per heavy atom. The molecule has 0 spiro atoms. The molecular formula is C10F7Na. The van der Waals surface area contributed by atoms with E-state index in [-0.39, 0.29) is 27.9 Å². The van der Waals surface area contributed by atoms with Crippen molar-refractivity contribution in [3.8, 4) is 0 Å². The van der Waals surface area contributed by atoms with E-state index < -0.39 is 54.3 Å². The van der Waals surface area contributed by atoms with E-state index in [0.717, 1.165) is 0 Å². The average molecular weight is 276 g/mol. The van der Waals surface area contributed by atoms with Crippen molar-refractivity contribution in [1.82, 2.24) is 0 Å². The fourth-order valence-electron chi connectivity index (χ4n) is 1.60. The first-order valence-electron chi connectivity index (χ1n) is 4.57. The van der Waals surface area contributed by atoms with Gasteiger partial charge in [-0.15, -0.1) is 0 Å². The van der Waals surface area contributed by atoms with Gasteiger partial charge in [-0.1, -0.05) is 0 Å². The molecule has 0 bridgehead atoms. The van der Waals surface area contributed by atoms with Crippen molar-refractivity contribution in [2.75, 3.05) is 0 Å². The van der Waals surface area contributed by atoms with E-state index in [4.69, 9.17) is 0 Å². The van der Waals surface area contributed by atoms with Crippen molar-refractivity contribution >= 4 is 41.5 Å². The van der Waals surface area contributed by atoms with Gasteiger partial charge in [-0.2, -0.15) is 0 Å². The number of benzene rings is 2. The molecule has 2 aromatic rings. The fraction of sp³-hybridized carbons (Fsp3) is 0. The van der Waals surface area contributed by atoms with E-state index >= 15 is 0 Å². The van der Waals surface area contributed by atoms with Gasteiger partial charge in [-0.3, -0.25) is 0 Å². The summed E-state index contributed by atoms with van der Waals surface area (Å²) in [6.07, 6.45) is 0. The van der Waals surface area contributed by atoms with Crippen LogP contribution >= 0.6 is 0 Å². The second-order valence-electron chi connectivity index (χ2n) is 3.57. The molecule has 0 heterocycles. The van der Waals surface area contributed by atoms with Crippen molar-refractivity contribution < 1.29 is 30.7 Å². The third kappa shape index (κ3) is 1.64. The fourth-order valence-corrected chi connectivity index (χ4v) is 2.07. The van der Waals surface area contributed by atoms with Crippen molar-refractivity contribution in [3.05, 3.63) is 40.7 Å². The molecule has 0 atom stereocenters. The Labute approximate surface area is 113 Å². The molecule has 0 fully saturated rings. The van der Waals surface area contributed by atoms with Gasteiger partial charge in [0.1, 0.15) is 0 Å². The van der Waals surface area contributed by atoms with Crippen LogP contribution < -0.4 is 2.81 Å². The molecule has 2 rings (SSSR count). The van der Waals surface area contributed by atoms with Gasteiger partial charge in [-0.05, 0) is 0 Å². The second-order valence-corrected chi connectivity index (χ2v) is 4.57. The number of rotatable bonds is 0. The minimum atomic E-state index is -2.32. The third-order valence-corrected chi connectivity index (χ3v) is 3.44. The molecule has 2 aromatic carbocycles. The second kappa shape index (κ2) is 4.40. The summed E-state index contributed by atoms with van der Waals surface area (Å²) in [5.41, 5.74) is 0. The van der Waals surface area contributed by atoms with E-state index in [9.17, 15) is 30.7 Å². The van der Waals surface area contributed by atoms with Crippen molar-refractivity contribution in [3.63, 3.8) is 0 Å². The van der Waals surface area contributed by atoms with Gasteiger partial charge < -0.3 is 0 Å². The van der Waals surface area contributed by atoms with E-state index in [1.165, 1.54) is 0 Å². The topological polar surface area (TPSA) is 0 Å². The van der Waals surface area contributed by atoms with Crippen LogP contribution in [-0.4, -0.2) is 27.9 Å². The van der Waals surface area contributed by atoms with E-state index in [2.05, 4.69) is 0 Å². The number of hydrogen-bond donors (Lipinski definition) is 0. The Morgan fingerprint density at radius 2 is 0.778 bits per heavy atom. The van der Waals surface area contributed by atoms with Gasteiger partial charge >= 0.3 is 113 Å². The molecule has 0 amide bonds. The van der Waals surface area contributed by atoms with Gasteiger partial charge in [0.25, 0.3) is 0 Å². The molecule has 0 aliphatic carbocycles. The summed E-state index contributed by atoms with van der Waals surface area (Å²) in [4.78, 5) is 0. The van der Waals surface area contributed by atoms with Gasteiger partial charge in [0.15, 0.2) is 0 Å². The summed E-state index contributed by atoms with van der Waals surface area (Å²) in [6.45, 7) is 0. The Bertz CT molecular complexity index is 567. The number of hydrogen-bond acceptors (Lipinski definition) is 0. The Hall–Kier alpha value is -0.790. The maximum atomic E-state index is 13.5. The molecule has 0 saturated heterocycles. The molecule has 0 saturated carbocycles. The SMILES string of the molecule is Fc1c(F)c(F)c2c(F)[c]([Na])c(F)c(F)c2c1F. The maximum absolute atomic E-state index is 13.5. The van der Waals surface area contributed by atoms with Crippen LogP contribution in [0.15, 0.2) is 0 Å². The van der Waals surface area contributed by atoms with E-state index in [1.807, 2.05) is 0 Å². The van der Waals surface area contributed by atoms with E-state index in [0.29, 0.717) is 0 Å². The van der Waals surface area contributed by atoms with Gasteiger partial charge in [0.05, 0.1) is 0 Å². The van der Waals surface area contributed by atoms with E-state index in [1.54, 1.807) is 0 Å². The standard InChI is InChI=1S/C10F7.Na/c11-2-1-3(12)6(13)5-4(2)7(14)9(16)10(17)8(5)15;. The normalized spacial score (nSPS) is 11.4. The third-order valence-electron chi connectivity index (χ3n) is 2.56. The average Bonchev–Trinajstić information content (AvgIpc) is 2.35. The molecular weight excluding hydrogens is 276 g/mol. The summed E-state index contributed by atoms with van der Waals surface area (Å²) in [6, 6.07) is 0. The molecule has 0 aliphatic rings.